The first-order valence-corrected chi connectivity index (χ1v) is 7.57. The molecule has 1 aliphatic rings. The maximum atomic E-state index is 2.65. The van der Waals surface area contributed by atoms with E-state index < -0.39 is 0 Å². The van der Waals surface area contributed by atoms with E-state index in [-0.39, 0.29) is 0 Å². The molecule has 0 aliphatic carbocycles. The summed E-state index contributed by atoms with van der Waals surface area (Å²) in [6.07, 6.45) is 5.53. The van der Waals surface area contributed by atoms with Gasteiger partial charge in [0.15, 0.2) is 0 Å². The molecular weight excluding hydrogens is 230 g/mol. The lowest BCUT2D eigenvalue weighted by atomic mass is 10.0. The van der Waals surface area contributed by atoms with Gasteiger partial charge in [-0.05, 0) is 55.3 Å². The van der Waals surface area contributed by atoms with Crippen molar-refractivity contribution in [3.63, 3.8) is 0 Å². The monoisotopic (exact) mass is 253 g/mol. The van der Waals surface area contributed by atoms with Crippen LogP contribution in [0.25, 0.3) is 10.8 Å². The van der Waals surface area contributed by atoms with E-state index in [0.29, 0.717) is 6.04 Å². The molecule has 1 saturated heterocycles. The fraction of sp³-hybridized carbons (Fsp3) is 0.444. The summed E-state index contributed by atoms with van der Waals surface area (Å²) < 4.78 is 0. The number of likely N-dealkylation sites (tertiary alicyclic amines) is 1. The lowest BCUT2D eigenvalue weighted by Crippen LogP contribution is -2.27. The van der Waals surface area contributed by atoms with Crippen LogP contribution in [0, 0.1) is 0 Å². The molecule has 1 nitrogen and oxygen atoms in total. The Morgan fingerprint density at radius 3 is 2.26 bits per heavy atom. The van der Waals surface area contributed by atoms with Crippen molar-refractivity contribution in [2.24, 2.45) is 0 Å². The quantitative estimate of drug-likeness (QED) is 0.744. The van der Waals surface area contributed by atoms with Crippen LogP contribution in [0.5, 0.6) is 0 Å². The second-order valence-electron chi connectivity index (χ2n) is 5.73. The van der Waals surface area contributed by atoms with Crippen LogP contribution in [-0.4, -0.2) is 18.0 Å². The Labute approximate surface area is 116 Å². The Bertz CT molecular complexity index is 538. The molecular formula is C18H23N. The molecule has 0 radical (unpaired) electrons. The SMILES string of the molecule is CC(c1ccc2ccccc2c1)N1CCCCCC1. The number of rotatable bonds is 2. The fourth-order valence-electron chi connectivity index (χ4n) is 3.16. The first-order valence-electron chi connectivity index (χ1n) is 7.57. The Kier molecular flexibility index (Phi) is 3.84. The molecule has 1 aliphatic heterocycles. The van der Waals surface area contributed by atoms with E-state index in [1.807, 2.05) is 0 Å². The molecule has 1 atom stereocenters. The molecule has 3 rings (SSSR count). The highest BCUT2D eigenvalue weighted by molar-refractivity contribution is 5.83. The van der Waals surface area contributed by atoms with Crippen molar-refractivity contribution < 1.29 is 0 Å². The summed E-state index contributed by atoms with van der Waals surface area (Å²) in [5.74, 6) is 0. The third kappa shape index (κ3) is 2.82. The topological polar surface area (TPSA) is 3.24 Å². The lowest BCUT2D eigenvalue weighted by molar-refractivity contribution is 0.219. The summed E-state index contributed by atoms with van der Waals surface area (Å²) >= 11 is 0. The van der Waals surface area contributed by atoms with E-state index >= 15 is 0 Å². The summed E-state index contributed by atoms with van der Waals surface area (Å²) in [7, 11) is 0. The van der Waals surface area contributed by atoms with Gasteiger partial charge in [-0.25, -0.2) is 0 Å². The second-order valence-corrected chi connectivity index (χ2v) is 5.73. The molecule has 2 aromatic rings. The van der Waals surface area contributed by atoms with E-state index in [9.17, 15) is 0 Å². The van der Waals surface area contributed by atoms with Crippen molar-refractivity contribution in [2.45, 2.75) is 38.6 Å². The van der Waals surface area contributed by atoms with Crippen LogP contribution in [0.1, 0.15) is 44.2 Å². The van der Waals surface area contributed by atoms with Crippen molar-refractivity contribution in [1.82, 2.24) is 4.90 Å². The van der Waals surface area contributed by atoms with Crippen LogP contribution in [0.15, 0.2) is 42.5 Å². The molecule has 1 heteroatoms. The fourth-order valence-corrected chi connectivity index (χ4v) is 3.16. The van der Waals surface area contributed by atoms with Gasteiger partial charge in [-0.15, -0.1) is 0 Å². The van der Waals surface area contributed by atoms with E-state index in [4.69, 9.17) is 0 Å². The zero-order valence-corrected chi connectivity index (χ0v) is 11.8. The molecule has 0 saturated carbocycles. The molecule has 1 fully saturated rings. The van der Waals surface area contributed by atoms with Crippen LogP contribution in [0.3, 0.4) is 0 Å². The molecule has 1 unspecified atom stereocenters. The van der Waals surface area contributed by atoms with Gasteiger partial charge in [-0.3, -0.25) is 4.90 Å². The molecule has 0 aromatic heterocycles. The predicted octanol–water partition coefficient (Wildman–Crippen LogP) is 4.78. The van der Waals surface area contributed by atoms with Gasteiger partial charge < -0.3 is 0 Å². The van der Waals surface area contributed by atoms with Crippen molar-refractivity contribution in [3.05, 3.63) is 48.0 Å². The number of benzene rings is 2. The standard InChI is InChI=1S/C18H23N/c1-15(19-12-6-2-3-7-13-19)17-11-10-16-8-4-5-9-18(16)14-17/h4-5,8-11,14-15H,2-3,6-7,12-13H2,1H3. The third-order valence-corrected chi connectivity index (χ3v) is 4.44. The molecule has 0 spiro atoms. The van der Waals surface area contributed by atoms with Crippen LogP contribution >= 0.6 is 0 Å². The Morgan fingerprint density at radius 2 is 1.53 bits per heavy atom. The van der Waals surface area contributed by atoms with Gasteiger partial charge in [0.1, 0.15) is 0 Å². The van der Waals surface area contributed by atoms with Gasteiger partial charge >= 0.3 is 0 Å². The maximum absolute atomic E-state index is 2.65. The van der Waals surface area contributed by atoms with E-state index in [0.717, 1.165) is 0 Å². The first-order chi connectivity index (χ1) is 9.34. The van der Waals surface area contributed by atoms with Gasteiger partial charge in [-0.2, -0.15) is 0 Å². The molecule has 100 valence electrons. The maximum Gasteiger partial charge on any atom is 0.0320 e. The van der Waals surface area contributed by atoms with Crippen molar-refractivity contribution >= 4 is 10.8 Å². The number of hydrogen-bond donors (Lipinski definition) is 0. The first kappa shape index (κ1) is 12.7. The number of nitrogens with zero attached hydrogens (tertiary/aromatic N) is 1. The Hall–Kier alpha value is -1.34. The molecule has 0 N–H and O–H groups in total. The van der Waals surface area contributed by atoms with Crippen LogP contribution < -0.4 is 0 Å². The highest BCUT2D eigenvalue weighted by Crippen LogP contribution is 2.26. The molecule has 2 aromatic carbocycles. The minimum atomic E-state index is 0.544. The van der Waals surface area contributed by atoms with Crippen molar-refractivity contribution in [2.75, 3.05) is 13.1 Å². The van der Waals surface area contributed by atoms with Gasteiger partial charge in [0.05, 0.1) is 0 Å². The van der Waals surface area contributed by atoms with E-state index in [1.165, 1.54) is 55.1 Å². The van der Waals surface area contributed by atoms with Crippen LogP contribution in [0.4, 0.5) is 0 Å². The van der Waals surface area contributed by atoms with Gasteiger partial charge in [0.2, 0.25) is 0 Å². The smallest absolute Gasteiger partial charge is 0.0320 e. The summed E-state index contributed by atoms with van der Waals surface area (Å²) in [5.41, 5.74) is 1.46. The summed E-state index contributed by atoms with van der Waals surface area (Å²) in [6.45, 7) is 4.87. The minimum absolute atomic E-state index is 0.544. The van der Waals surface area contributed by atoms with Gasteiger partial charge in [0.25, 0.3) is 0 Å². The largest absolute Gasteiger partial charge is 0.297 e. The summed E-state index contributed by atoms with van der Waals surface area (Å²) in [6, 6.07) is 16.1. The second kappa shape index (κ2) is 5.75. The average Bonchev–Trinajstić information content (AvgIpc) is 2.75. The van der Waals surface area contributed by atoms with Crippen molar-refractivity contribution in [1.29, 1.82) is 0 Å². The average molecular weight is 253 g/mol. The van der Waals surface area contributed by atoms with E-state index in [2.05, 4.69) is 54.3 Å². The normalized spacial score (nSPS) is 19.2. The van der Waals surface area contributed by atoms with Gasteiger partial charge in [-0.1, -0.05) is 49.2 Å². The minimum Gasteiger partial charge on any atom is -0.297 e. The predicted molar refractivity (Wildman–Crippen MR) is 82.4 cm³/mol. The van der Waals surface area contributed by atoms with Crippen LogP contribution in [0.2, 0.25) is 0 Å². The summed E-state index contributed by atoms with van der Waals surface area (Å²) in [4.78, 5) is 2.65. The Morgan fingerprint density at radius 1 is 0.842 bits per heavy atom. The zero-order chi connectivity index (χ0) is 13.1. The third-order valence-electron chi connectivity index (χ3n) is 4.44. The summed E-state index contributed by atoms with van der Waals surface area (Å²) in [5, 5.41) is 2.70. The van der Waals surface area contributed by atoms with Gasteiger partial charge in [0, 0.05) is 6.04 Å². The zero-order valence-electron chi connectivity index (χ0n) is 11.8. The Balaban J connectivity index is 1.85. The molecule has 19 heavy (non-hydrogen) atoms. The van der Waals surface area contributed by atoms with E-state index in [1.54, 1.807) is 0 Å². The molecule has 0 amide bonds. The lowest BCUT2D eigenvalue weighted by Gasteiger charge is -2.28. The van der Waals surface area contributed by atoms with Crippen molar-refractivity contribution in [3.8, 4) is 0 Å². The molecule has 1 heterocycles. The highest BCUT2D eigenvalue weighted by atomic mass is 15.1. The molecule has 0 bridgehead atoms. The number of fused-ring (bicyclic) bond motifs is 1. The number of hydrogen-bond acceptors (Lipinski definition) is 1. The highest BCUT2D eigenvalue weighted by Gasteiger charge is 2.17. The van der Waals surface area contributed by atoms with Crippen LogP contribution in [-0.2, 0) is 0 Å².